The quantitative estimate of drug-likeness (QED) is 0.651. The highest BCUT2D eigenvalue weighted by Gasteiger charge is 2.24. The van der Waals surface area contributed by atoms with Gasteiger partial charge in [0.15, 0.2) is 0 Å². The lowest BCUT2D eigenvalue weighted by atomic mass is 9.99. The summed E-state index contributed by atoms with van der Waals surface area (Å²) in [5, 5.41) is 1.09. The first-order chi connectivity index (χ1) is 13.9. The van der Waals surface area contributed by atoms with Gasteiger partial charge in [-0.05, 0) is 57.0 Å². The molecule has 1 aliphatic rings. The largest absolute Gasteiger partial charge is 0.444 e. The molecule has 1 amide bonds. The van der Waals surface area contributed by atoms with Crippen molar-refractivity contribution < 1.29 is 14.3 Å². The molecule has 0 saturated carbocycles. The predicted molar refractivity (Wildman–Crippen MR) is 113 cm³/mol. The van der Waals surface area contributed by atoms with Crippen LogP contribution < -0.4 is 4.74 Å². The van der Waals surface area contributed by atoms with Crippen LogP contribution in [-0.4, -0.2) is 39.7 Å². The van der Waals surface area contributed by atoms with Crippen molar-refractivity contribution in [2.75, 3.05) is 13.1 Å². The first-order valence-electron chi connectivity index (χ1n) is 9.76. The van der Waals surface area contributed by atoms with Crippen LogP contribution in [-0.2, 0) is 4.74 Å². The van der Waals surface area contributed by atoms with Crippen LogP contribution in [0.2, 0.25) is 0 Å². The average molecular weight is 391 g/mol. The fraction of sp³-hybridized carbons (Fsp3) is 0.304. The molecule has 0 spiro atoms. The molecule has 3 aromatic rings. The summed E-state index contributed by atoms with van der Waals surface area (Å²) in [5.41, 5.74) is 2.91. The monoisotopic (exact) mass is 391 g/mol. The molecule has 0 radical (unpaired) electrons. The van der Waals surface area contributed by atoms with Gasteiger partial charge in [-0.15, -0.1) is 0 Å². The van der Waals surface area contributed by atoms with Gasteiger partial charge in [-0.25, -0.2) is 9.78 Å². The standard InChI is InChI=1S/C23H25N3O3/c1-23(2,3)29-22(27)26-12-9-16(10-13-26)19-15-25-20-8-7-17(14-18(19)20)28-21-6-4-5-11-24-21/h4-9,11,14-15,25H,10,12-13H2,1-3H3. The number of amides is 1. The number of hydrogen-bond donors (Lipinski definition) is 1. The number of H-pyrrole nitrogens is 1. The van der Waals surface area contributed by atoms with Gasteiger partial charge in [-0.1, -0.05) is 12.1 Å². The molecule has 0 unspecified atom stereocenters. The molecule has 2 aromatic heterocycles. The van der Waals surface area contributed by atoms with Crippen LogP contribution in [0.1, 0.15) is 32.8 Å². The number of fused-ring (bicyclic) bond motifs is 1. The van der Waals surface area contributed by atoms with E-state index in [4.69, 9.17) is 9.47 Å². The van der Waals surface area contributed by atoms with E-state index in [1.807, 2.05) is 63.4 Å². The van der Waals surface area contributed by atoms with E-state index < -0.39 is 5.60 Å². The smallest absolute Gasteiger partial charge is 0.410 e. The van der Waals surface area contributed by atoms with Crippen LogP contribution in [0, 0.1) is 0 Å². The van der Waals surface area contributed by atoms with Gasteiger partial charge in [0.2, 0.25) is 5.88 Å². The summed E-state index contributed by atoms with van der Waals surface area (Å²) >= 11 is 0. The normalized spacial score (nSPS) is 14.6. The molecule has 1 aromatic carbocycles. The van der Waals surface area contributed by atoms with E-state index in [2.05, 4.69) is 16.0 Å². The Bertz CT molecular complexity index is 1050. The second kappa shape index (κ2) is 7.62. The van der Waals surface area contributed by atoms with Crippen molar-refractivity contribution in [3.63, 3.8) is 0 Å². The molecule has 0 atom stereocenters. The number of benzene rings is 1. The number of nitrogens with zero attached hydrogens (tertiary/aromatic N) is 2. The average Bonchev–Trinajstić information content (AvgIpc) is 3.11. The summed E-state index contributed by atoms with van der Waals surface area (Å²) in [7, 11) is 0. The highest BCUT2D eigenvalue weighted by molar-refractivity contribution is 5.94. The van der Waals surface area contributed by atoms with Gasteiger partial charge in [0.05, 0.1) is 0 Å². The third kappa shape index (κ3) is 4.42. The lowest BCUT2D eigenvalue weighted by Gasteiger charge is -2.29. The third-order valence-electron chi connectivity index (χ3n) is 4.72. The van der Waals surface area contributed by atoms with E-state index in [1.165, 1.54) is 5.57 Å². The molecule has 0 aliphatic carbocycles. The van der Waals surface area contributed by atoms with Crippen molar-refractivity contribution in [1.29, 1.82) is 0 Å². The predicted octanol–water partition coefficient (Wildman–Crippen LogP) is 5.38. The van der Waals surface area contributed by atoms with Gasteiger partial charge < -0.3 is 19.4 Å². The van der Waals surface area contributed by atoms with E-state index in [1.54, 1.807) is 11.1 Å². The second-order valence-electron chi connectivity index (χ2n) is 8.09. The minimum atomic E-state index is -0.484. The molecule has 0 saturated heterocycles. The van der Waals surface area contributed by atoms with E-state index in [9.17, 15) is 4.79 Å². The Hall–Kier alpha value is -3.28. The van der Waals surface area contributed by atoms with Crippen molar-refractivity contribution in [2.24, 2.45) is 0 Å². The Labute approximate surface area is 170 Å². The number of carbonyl (C=O) groups is 1. The molecule has 0 bridgehead atoms. The Morgan fingerprint density at radius 1 is 1.21 bits per heavy atom. The van der Waals surface area contributed by atoms with Crippen molar-refractivity contribution in [3.05, 3.63) is 60.4 Å². The molecule has 29 heavy (non-hydrogen) atoms. The maximum absolute atomic E-state index is 12.3. The summed E-state index contributed by atoms with van der Waals surface area (Å²) in [6, 6.07) is 11.5. The van der Waals surface area contributed by atoms with E-state index in [0.717, 1.165) is 28.6 Å². The van der Waals surface area contributed by atoms with Crippen LogP contribution in [0.3, 0.4) is 0 Å². The van der Waals surface area contributed by atoms with Crippen molar-refractivity contribution in [2.45, 2.75) is 32.8 Å². The zero-order chi connectivity index (χ0) is 20.4. The van der Waals surface area contributed by atoms with Gasteiger partial charge in [0.25, 0.3) is 0 Å². The summed E-state index contributed by atoms with van der Waals surface area (Å²) < 4.78 is 11.4. The number of aromatic amines is 1. The van der Waals surface area contributed by atoms with Crippen LogP contribution in [0.25, 0.3) is 16.5 Å². The van der Waals surface area contributed by atoms with Crippen LogP contribution >= 0.6 is 0 Å². The maximum atomic E-state index is 12.3. The van der Waals surface area contributed by atoms with Gasteiger partial charge in [0, 0.05) is 48.0 Å². The highest BCUT2D eigenvalue weighted by atomic mass is 16.6. The zero-order valence-corrected chi connectivity index (χ0v) is 16.9. The molecular weight excluding hydrogens is 366 g/mol. The van der Waals surface area contributed by atoms with Gasteiger partial charge in [-0.2, -0.15) is 0 Å². The molecule has 0 fully saturated rings. The van der Waals surface area contributed by atoms with E-state index in [0.29, 0.717) is 19.0 Å². The molecule has 6 heteroatoms. The van der Waals surface area contributed by atoms with Crippen molar-refractivity contribution in [1.82, 2.24) is 14.9 Å². The Kier molecular flexibility index (Phi) is 5.01. The Balaban J connectivity index is 1.53. The minimum absolute atomic E-state index is 0.266. The van der Waals surface area contributed by atoms with Gasteiger partial charge >= 0.3 is 6.09 Å². The minimum Gasteiger partial charge on any atom is -0.444 e. The summed E-state index contributed by atoms with van der Waals surface area (Å²) in [5.74, 6) is 1.30. The first-order valence-corrected chi connectivity index (χ1v) is 9.76. The van der Waals surface area contributed by atoms with E-state index in [-0.39, 0.29) is 6.09 Å². The molecule has 3 heterocycles. The fourth-order valence-corrected chi connectivity index (χ4v) is 3.36. The van der Waals surface area contributed by atoms with Gasteiger partial charge in [0.1, 0.15) is 11.4 Å². The van der Waals surface area contributed by atoms with E-state index >= 15 is 0 Å². The number of hydrogen-bond acceptors (Lipinski definition) is 4. The summed E-state index contributed by atoms with van der Waals surface area (Å²) in [6.07, 6.45) is 6.33. The Morgan fingerprint density at radius 3 is 2.76 bits per heavy atom. The summed E-state index contributed by atoms with van der Waals surface area (Å²) in [6.45, 7) is 6.82. The number of carbonyl (C=O) groups excluding carboxylic acids is 1. The highest BCUT2D eigenvalue weighted by Crippen LogP contribution is 2.32. The van der Waals surface area contributed by atoms with Gasteiger partial charge in [-0.3, -0.25) is 0 Å². The van der Waals surface area contributed by atoms with Crippen LogP contribution in [0.15, 0.2) is 54.9 Å². The van der Waals surface area contributed by atoms with Crippen LogP contribution in [0.5, 0.6) is 11.6 Å². The number of rotatable bonds is 3. The number of ether oxygens (including phenoxy) is 2. The fourth-order valence-electron chi connectivity index (χ4n) is 3.36. The third-order valence-corrected chi connectivity index (χ3v) is 4.72. The molecular formula is C23H25N3O3. The zero-order valence-electron chi connectivity index (χ0n) is 16.9. The number of pyridine rings is 1. The number of aromatic nitrogens is 2. The Morgan fingerprint density at radius 2 is 2.07 bits per heavy atom. The lowest BCUT2D eigenvalue weighted by Crippen LogP contribution is -2.39. The topological polar surface area (TPSA) is 67.5 Å². The molecule has 6 nitrogen and oxygen atoms in total. The van der Waals surface area contributed by atoms with Crippen molar-refractivity contribution >= 4 is 22.6 Å². The SMILES string of the molecule is CC(C)(C)OC(=O)N1CC=C(c2c[nH]c3ccc(Oc4ccccn4)cc23)CC1. The second-order valence-corrected chi connectivity index (χ2v) is 8.09. The van der Waals surface area contributed by atoms with Crippen molar-refractivity contribution in [3.8, 4) is 11.6 Å². The lowest BCUT2D eigenvalue weighted by molar-refractivity contribution is 0.0270. The molecule has 1 aliphatic heterocycles. The molecule has 1 N–H and O–H groups in total. The first kappa shape index (κ1) is 19.1. The van der Waals surface area contributed by atoms with Crippen LogP contribution in [0.4, 0.5) is 4.79 Å². The number of nitrogens with one attached hydrogen (secondary N) is 1. The maximum Gasteiger partial charge on any atom is 0.410 e. The molecule has 4 rings (SSSR count). The summed E-state index contributed by atoms with van der Waals surface area (Å²) in [4.78, 5) is 21.6. The molecule has 150 valence electrons.